The van der Waals surface area contributed by atoms with E-state index in [0.717, 1.165) is 22.4 Å². The number of hydrogen-bond acceptors (Lipinski definition) is 4. The molecule has 2 aromatic carbocycles. The largest absolute Gasteiger partial charge is 0.493 e. The van der Waals surface area contributed by atoms with Gasteiger partial charge in [-0.2, -0.15) is 5.10 Å². The molecule has 3 rings (SSSR count). The lowest BCUT2D eigenvalue weighted by atomic mass is 9.93. The standard InChI is InChI=1S/C18H17ClN2O2/c1-11-10-12-8-9-15(22-2)18(23-3)16(12)17(21-20-11)13-6-4-5-7-14(13)19/h4-9H,10H2,1-3H3. The Kier molecular flexibility index (Phi) is 4.35. The minimum Gasteiger partial charge on any atom is -0.493 e. The van der Waals surface area contributed by atoms with E-state index >= 15 is 0 Å². The quantitative estimate of drug-likeness (QED) is 0.850. The van der Waals surface area contributed by atoms with Gasteiger partial charge in [0.1, 0.15) is 5.71 Å². The maximum absolute atomic E-state index is 6.38. The SMILES string of the molecule is COc1ccc2c(c1OC)C(c1ccccc1Cl)=NN=C(C)C2. The van der Waals surface area contributed by atoms with E-state index in [1.807, 2.05) is 43.3 Å². The first kappa shape index (κ1) is 15.6. The lowest BCUT2D eigenvalue weighted by Gasteiger charge is -2.17. The number of methoxy groups -OCH3 is 2. The maximum atomic E-state index is 6.38. The van der Waals surface area contributed by atoms with Gasteiger partial charge in [0.2, 0.25) is 0 Å². The molecule has 0 fully saturated rings. The molecule has 4 nitrogen and oxygen atoms in total. The molecule has 5 heteroatoms. The second-order valence-corrected chi connectivity index (χ2v) is 5.68. The predicted octanol–water partition coefficient (Wildman–Crippen LogP) is 4.13. The summed E-state index contributed by atoms with van der Waals surface area (Å²) in [4.78, 5) is 0. The fourth-order valence-electron chi connectivity index (χ4n) is 2.71. The summed E-state index contributed by atoms with van der Waals surface area (Å²) in [5, 5.41) is 9.39. The molecule has 118 valence electrons. The van der Waals surface area contributed by atoms with Crippen molar-refractivity contribution in [3.63, 3.8) is 0 Å². The Morgan fingerprint density at radius 3 is 2.48 bits per heavy atom. The Balaban J connectivity index is 2.32. The number of fused-ring (bicyclic) bond motifs is 1. The summed E-state index contributed by atoms with van der Waals surface area (Å²) < 4.78 is 11.1. The molecule has 0 radical (unpaired) electrons. The number of hydrogen-bond donors (Lipinski definition) is 0. The van der Waals surface area contributed by atoms with E-state index in [1.54, 1.807) is 14.2 Å². The Hall–Kier alpha value is -2.33. The summed E-state index contributed by atoms with van der Waals surface area (Å²) in [6.45, 7) is 1.96. The number of rotatable bonds is 3. The lowest BCUT2D eigenvalue weighted by molar-refractivity contribution is 0.354. The van der Waals surface area contributed by atoms with Crippen LogP contribution in [0.5, 0.6) is 11.5 Å². The third-order valence-corrected chi connectivity index (χ3v) is 4.09. The van der Waals surface area contributed by atoms with Gasteiger partial charge in [0.25, 0.3) is 0 Å². The zero-order valence-electron chi connectivity index (χ0n) is 13.3. The minimum atomic E-state index is 0.622. The normalized spacial score (nSPS) is 13.6. The Bertz CT molecular complexity index is 813. The summed E-state index contributed by atoms with van der Waals surface area (Å²) in [6, 6.07) is 11.5. The summed E-state index contributed by atoms with van der Waals surface area (Å²) >= 11 is 6.38. The van der Waals surface area contributed by atoms with E-state index in [0.29, 0.717) is 28.7 Å². The average Bonchev–Trinajstić information content (AvgIpc) is 2.73. The topological polar surface area (TPSA) is 43.2 Å². The van der Waals surface area contributed by atoms with E-state index in [4.69, 9.17) is 21.1 Å². The summed E-state index contributed by atoms with van der Waals surface area (Å²) in [7, 11) is 3.25. The van der Waals surface area contributed by atoms with Crippen molar-refractivity contribution in [2.75, 3.05) is 14.2 Å². The number of benzene rings is 2. The summed E-state index contributed by atoms with van der Waals surface area (Å²) in [6.07, 6.45) is 0.702. The van der Waals surface area contributed by atoms with Crippen LogP contribution in [0.1, 0.15) is 23.6 Å². The molecule has 0 amide bonds. The van der Waals surface area contributed by atoms with Gasteiger partial charge in [-0.25, -0.2) is 0 Å². The van der Waals surface area contributed by atoms with E-state index in [-0.39, 0.29) is 0 Å². The second kappa shape index (κ2) is 6.42. The number of ether oxygens (including phenoxy) is 2. The molecule has 1 aliphatic heterocycles. The highest BCUT2D eigenvalue weighted by Crippen LogP contribution is 2.37. The molecule has 0 aliphatic carbocycles. The van der Waals surface area contributed by atoms with Crippen LogP contribution in [0.2, 0.25) is 5.02 Å². The molecule has 1 heterocycles. The summed E-state index contributed by atoms with van der Waals surface area (Å²) in [5.41, 5.74) is 4.40. The molecule has 2 aromatic rings. The molecule has 0 unspecified atom stereocenters. The van der Waals surface area contributed by atoms with E-state index in [2.05, 4.69) is 10.2 Å². The molecular formula is C18H17ClN2O2. The van der Waals surface area contributed by atoms with Crippen LogP contribution in [-0.4, -0.2) is 25.6 Å². The lowest BCUT2D eigenvalue weighted by Crippen LogP contribution is -2.10. The van der Waals surface area contributed by atoms with Crippen LogP contribution in [0.25, 0.3) is 0 Å². The molecular weight excluding hydrogens is 312 g/mol. The van der Waals surface area contributed by atoms with Crippen molar-refractivity contribution in [3.8, 4) is 11.5 Å². The van der Waals surface area contributed by atoms with Gasteiger partial charge >= 0.3 is 0 Å². The smallest absolute Gasteiger partial charge is 0.170 e. The van der Waals surface area contributed by atoms with Gasteiger partial charge in [0, 0.05) is 17.7 Å². The highest BCUT2D eigenvalue weighted by atomic mass is 35.5. The van der Waals surface area contributed by atoms with E-state index in [9.17, 15) is 0 Å². The van der Waals surface area contributed by atoms with Crippen LogP contribution >= 0.6 is 11.6 Å². The fraction of sp³-hybridized carbons (Fsp3) is 0.222. The third kappa shape index (κ3) is 2.82. The van der Waals surface area contributed by atoms with Crippen molar-refractivity contribution in [2.45, 2.75) is 13.3 Å². The highest BCUT2D eigenvalue weighted by molar-refractivity contribution is 6.36. The fourth-order valence-corrected chi connectivity index (χ4v) is 2.94. The monoisotopic (exact) mass is 328 g/mol. The molecule has 0 bridgehead atoms. The second-order valence-electron chi connectivity index (χ2n) is 5.28. The van der Waals surface area contributed by atoms with Gasteiger partial charge in [-0.3, -0.25) is 0 Å². The van der Waals surface area contributed by atoms with Crippen molar-refractivity contribution in [1.29, 1.82) is 0 Å². The Morgan fingerprint density at radius 1 is 1.00 bits per heavy atom. The Morgan fingerprint density at radius 2 is 1.78 bits per heavy atom. The van der Waals surface area contributed by atoms with Gasteiger partial charge in [0.05, 0.1) is 24.8 Å². The zero-order chi connectivity index (χ0) is 16.4. The van der Waals surface area contributed by atoms with Crippen molar-refractivity contribution < 1.29 is 9.47 Å². The molecule has 0 atom stereocenters. The highest BCUT2D eigenvalue weighted by Gasteiger charge is 2.24. The minimum absolute atomic E-state index is 0.622. The van der Waals surface area contributed by atoms with Gasteiger partial charge in [-0.15, -0.1) is 5.10 Å². The zero-order valence-corrected chi connectivity index (χ0v) is 14.0. The van der Waals surface area contributed by atoms with Crippen LogP contribution in [0.15, 0.2) is 46.6 Å². The molecule has 0 saturated carbocycles. The number of nitrogens with zero attached hydrogens (tertiary/aromatic N) is 2. The van der Waals surface area contributed by atoms with Gasteiger partial charge in [0.15, 0.2) is 11.5 Å². The summed E-state index contributed by atoms with van der Waals surface area (Å²) in [5.74, 6) is 1.30. The van der Waals surface area contributed by atoms with Crippen LogP contribution < -0.4 is 9.47 Å². The first-order valence-corrected chi connectivity index (χ1v) is 7.63. The predicted molar refractivity (Wildman–Crippen MR) is 93.5 cm³/mol. The van der Waals surface area contributed by atoms with E-state index < -0.39 is 0 Å². The van der Waals surface area contributed by atoms with Crippen molar-refractivity contribution in [1.82, 2.24) is 0 Å². The number of halogens is 1. The van der Waals surface area contributed by atoms with Gasteiger partial charge in [-0.1, -0.05) is 35.9 Å². The third-order valence-electron chi connectivity index (χ3n) is 3.76. The molecule has 0 saturated heterocycles. The average molecular weight is 329 g/mol. The molecule has 0 N–H and O–H groups in total. The first-order chi connectivity index (χ1) is 11.2. The van der Waals surface area contributed by atoms with Crippen molar-refractivity contribution in [2.24, 2.45) is 10.2 Å². The van der Waals surface area contributed by atoms with Gasteiger partial charge < -0.3 is 9.47 Å². The first-order valence-electron chi connectivity index (χ1n) is 7.26. The van der Waals surface area contributed by atoms with Crippen molar-refractivity contribution in [3.05, 3.63) is 58.1 Å². The van der Waals surface area contributed by atoms with Crippen LogP contribution in [0.3, 0.4) is 0 Å². The molecule has 0 spiro atoms. The van der Waals surface area contributed by atoms with Crippen LogP contribution in [-0.2, 0) is 6.42 Å². The Labute approximate surface area is 140 Å². The van der Waals surface area contributed by atoms with Crippen LogP contribution in [0, 0.1) is 0 Å². The molecule has 1 aliphatic rings. The maximum Gasteiger partial charge on any atom is 0.170 e. The van der Waals surface area contributed by atoms with E-state index in [1.165, 1.54) is 0 Å². The molecule has 23 heavy (non-hydrogen) atoms. The molecule has 0 aromatic heterocycles. The van der Waals surface area contributed by atoms with Crippen LogP contribution in [0.4, 0.5) is 0 Å². The van der Waals surface area contributed by atoms with Gasteiger partial charge in [-0.05, 0) is 24.6 Å². The van der Waals surface area contributed by atoms with Crippen molar-refractivity contribution >= 4 is 23.0 Å².